The van der Waals surface area contributed by atoms with Gasteiger partial charge in [-0.1, -0.05) is 30.3 Å². The van der Waals surface area contributed by atoms with Crippen molar-refractivity contribution in [3.8, 4) is 0 Å². The van der Waals surface area contributed by atoms with Gasteiger partial charge in [-0.15, -0.1) is 0 Å². The molecule has 0 saturated heterocycles. The minimum Gasteiger partial charge on any atom is -0.504 e. The van der Waals surface area contributed by atoms with Crippen LogP contribution in [0.15, 0.2) is 66.4 Å². The standard InChI is InChI=1S/C18H14F3NO3/c1-22(14-5-3-2-4-6-14)17(25)13-9-7-12(8-10-13)15(23)11-16(24)18(19,20)21/h2-11,24H,1H3/b16-11-. The van der Waals surface area contributed by atoms with Gasteiger partial charge in [0, 0.05) is 29.9 Å². The van der Waals surface area contributed by atoms with Gasteiger partial charge in [-0.2, -0.15) is 13.2 Å². The molecular formula is C18H14F3NO3. The molecule has 0 bridgehead atoms. The Morgan fingerprint density at radius 1 is 0.960 bits per heavy atom. The number of aliphatic hydroxyl groups is 1. The van der Waals surface area contributed by atoms with E-state index in [4.69, 9.17) is 5.11 Å². The monoisotopic (exact) mass is 349 g/mol. The molecule has 1 N–H and O–H groups in total. The molecule has 0 aromatic heterocycles. The highest BCUT2D eigenvalue weighted by Crippen LogP contribution is 2.23. The van der Waals surface area contributed by atoms with Crippen LogP contribution in [0.2, 0.25) is 0 Å². The van der Waals surface area contributed by atoms with Crippen molar-refractivity contribution in [1.29, 1.82) is 0 Å². The highest BCUT2D eigenvalue weighted by atomic mass is 19.4. The summed E-state index contributed by atoms with van der Waals surface area (Å²) in [5, 5.41) is 8.81. The number of hydrogen-bond donors (Lipinski definition) is 1. The van der Waals surface area contributed by atoms with Gasteiger partial charge < -0.3 is 10.0 Å². The molecule has 4 nitrogen and oxygen atoms in total. The molecule has 0 heterocycles. The maximum Gasteiger partial charge on any atom is 0.448 e. The summed E-state index contributed by atoms with van der Waals surface area (Å²) in [6.07, 6.45) is -4.88. The molecule has 7 heteroatoms. The number of benzene rings is 2. The predicted octanol–water partition coefficient (Wildman–Crippen LogP) is 4.15. The summed E-state index contributed by atoms with van der Waals surface area (Å²) in [4.78, 5) is 25.5. The second-order valence-electron chi connectivity index (χ2n) is 5.17. The number of para-hydroxylation sites is 1. The number of carbonyl (C=O) groups excluding carboxylic acids is 2. The van der Waals surface area contributed by atoms with E-state index in [-0.39, 0.29) is 23.1 Å². The molecule has 0 aliphatic carbocycles. The van der Waals surface area contributed by atoms with Crippen LogP contribution < -0.4 is 4.90 Å². The first-order chi connectivity index (χ1) is 11.7. The summed E-state index contributed by atoms with van der Waals surface area (Å²) in [6, 6.07) is 14.0. The Kier molecular flexibility index (Phi) is 5.26. The smallest absolute Gasteiger partial charge is 0.448 e. The van der Waals surface area contributed by atoms with Crippen molar-refractivity contribution in [3.05, 3.63) is 77.6 Å². The number of alkyl halides is 3. The van der Waals surface area contributed by atoms with Crippen LogP contribution in [0.25, 0.3) is 0 Å². The van der Waals surface area contributed by atoms with Crippen LogP contribution in [0.5, 0.6) is 0 Å². The first-order valence-corrected chi connectivity index (χ1v) is 7.15. The first kappa shape index (κ1) is 18.3. The van der Waals surface area contributed by atoms with Crippen molar-refractivity contribution in [3.63, 3.8) is 0 Å². The molecule has 25 heavy (non-hydrogen) atoms. The molecule has 130 valence electrons. The number of anilines is 1. The summed E-state index contributed by atoms with van der Waals surface area (Å²) in [5.74, 6) is -3.31. The Bertz CT molecular complexity index is 797. The van der Waals surface area contributed by atoms with Gasteiger partial charge in [0.15, 0.2) is 5.78 Å². The van der Waals surface area contributed by atoms with Crippen LogP contribution in [-0.4, -0.2) is 30.0 Å². The van der Waals surface area contributed by atoms with Gasteiger partial charge in [-0.25, -0.2) is 0 Å². The molecule has 0 fully saturated rings. The fourth-order valence-electron chi connectivity index (χ4n) is 2.03. The topological polar surface area (TPSA) is 57.6 Å². The summed E-state index contributed by atoms with van der Waals surface area (Å²) >= 11 is 0. The lowest BCUT2D eigenvalue weighted by Gasteiger charge is -2.17. The zero-order chi connectivity index (χ0) is 18.6. The molecule has 1 amide bonds. The normalized spacial score (nSPS) is 11.9. The molecule has 0 atom stereocenters. The van der Waals surface area contributed by atoms with Crippen molar-refractivity contribution in [2.45, 2.75) is 6.18 Å². The van der Waals surface area contributed by atoms with E-state index in [0.29, 0.717) is 5.69 Å². The minimum atomic E-state index is -4.98. The Labute approximate surface area is 141 Å². The van der Waals surface area contributed by atoms with Crippen LogP contribution >= 0.6 is 0 Å². The van der Waals surface area contributed by atoms with Crippen LogP contribution in [0.1, 0.15) is 20.7 Å². The summed E-state index contributed by atoms with van der Waals surface area (Å²) in [7, 11) is 1.58. The van der Waals surface area contributed by atoms with E-state index < -0.39 is 17.7 Å². The highest BCUT2D eigenvalue weighted by molar-refractivity contribution is 6.08. The van der Waals surface area contributed by atoms with Gasteiger partial charge in [0.05, 0.1) is 0 Å². The third-order valence-corrected chi connectivity index (χ3v) is 3.42. The Morgan fingerprint density at radius 2 is 1.48 bits per heavy atom. The number of amides is 1. The second kappa shape index (κ2) is 7.21. The van der Waals surface area contributed by atoms with E-state index in [1.807, 2.05) is 6.07 Å². The van der Waals surface area contributed by atoms with Gasteiger partial charge in [0.25, 0.3) is 5.91 Å². The van der Waals surface area contributed by atoms with Crippen molar-refractivity contribution in [2.24, 2.45) is 0 Å². The minimum absolute atomic E-state index is 0.0743. The van der Waals surface area contributed by atoms with Gasteiger partial charge >= 0.3 is 6.18 Å². The van der Waals surface area contributed by atoms with Gasteiger partial charge in [0.1, 0.15) is 0 Å². The number of carbonyl (C=O) groups is 2. The molecule has 0 aliphatic rings. The maximum absolute atomic E-state index is 12.4. The van der Waals surface area contributed by atoms with Crippen LogP contribution in [0.4, 0.5) is 18.9 Å². The Hall–Kier alpha value is -3.09. The summed E-state index contributed by atoms with van der Waals surface area (Å²) in [5.41, 5.74) is 0.868. The number of aliphatic hydroxyl groups excluding tert-OH is 1. The average Bonchev–Trinajstić information content (AvgIpc) is 2.60. The molecular weight excluding hydrogens is 335 g/mol. The van der Waals surface area contributed by atoms with Crippen molar-refractivity contribution in [2.75, 3.05) is 11.9 Å². The molecule has 0 unspecified atom stereocenters. The molecule has 0 radical (unpaired) electrons. The van der Waals surface area contributed by atoms with E-state index in [1.54, 1.807) is 31.3 Å². The fourth-order valence-corrected chi connectivity index (χ4v) is 2.03. The van der Waals surface area contributed by atoms with Crippen molar-refractivity contribution < 1.29 is 27.9 Å². The number of allylic oxidation sites excluding steroid dienone is 2. The number of ketones is 1. The van der Waals surface area contributed by atoms with E-state index >= 15 is 0 Å². The molecule has 0 aliphatic heterocycles. The Morgan fingerprint density at radius 3 is 2.00 bits per heavy atom. The molecule has 0 spiro atoms. The molecule has 2 rings (SSSR count). The van der Waals surface area contributed by atoms with Gasteiger partial charge in [-0.05, 0) is 24.3 Å². The predicted molar refractivity (Wildman–Crippen MR) is 86.7 cm³/mol. The quantitative estimate of drug-likeness (QED) is 0.512. The number of hydrogen-bond acceptors (Lipinski definition) is 3. The van der Waals surface area contributed by atoms with E-state index in [1.165, 1.54) is 29.2 Å². The summed E-state index contributed by atoms with van der Waals surface area (Å²) < 4.78 is 36.7. The molecule has 0 saturated carbocycles. The van der Waals surface area contributed by atoms with Crippen LogP contribution in [0.3, 0.4) is 0 Å². The second-order valence-corrected chi connectivity index (χ2v) is 5.17. The lowest BCUT2D eigenvalue weighted by molar-refractivity contribution is -0.120. The SMILES string of the molecule is CN(C(=O)c1ccc(C(=O)/C=C(\O)C(F)(F)F)cc1)c1ccccc1. The van der Waals surface area contributed by atoms with Gasteiger partial charge in [-0.3, -0.25) is 9.59 Å². The zero-order valence-corrected chi connectivity index (χ0v) is 13.1. The van der Waals surface area contributed by atoms with Crippen LogP contribution in [0, 0.1) is 0 Å². The third-order valence-electron chi connectivity index (χ3n) is 3.42. The maximum atomic E-state index is 12.4. The molecule has 2 aromatic rings. The number of halogens is 3. The summed E-state index contributed by atoms with van der Waals surface area (Å²) in [6.45, 7) is 0. The Balaban J connectivity index is 2.17. The molecule has 2 aromatic carbocycles. The first-order valence-electron chi connectivity index (χ1n) is 7.15. The van der Waals surface area contributed by atoms with Crippen LogP contribution in [-0.2, 0) is 0 Å². The van der Waals surface area contributed by atoms with E-state index in [0.717, 1.165) is 0 Å². The zero-order valence-electron chi connectivity index (χ0n) is 13.1. The highest BCUT2D eigenvalue weighted by Gasteiger charge is 2.34. The third kappa shape index (κ3) is 4.47. The van der Waals surface area contributed by atoms with Crippen molar-refractivity contribution in [1.82, 2.24) is 0 Å². The largest absolute Gasteiger partial charge is 0.504 e. The van der Waals surface area contributed by atoms with E-state index in [9.17, 15) is 22.8 Å². The average molecular weight is 349 g/mol. The number of rotatable bonds is 4. The number of nitrogens with zero attached hydrogens (tertiary/aromatic N) is 1. The lowest BCUT2D eigenvalue weighted by Crippen LogP contribution is -2.26. The fraction of sp³-hybridized carbons (Fsp3) is 0.111. The van der Waals surface area contributed by atoms with E-state index in [2.05, 4.69) is 0 Å². The lowest BCUT2D eigenvalue weighted by atomic mass is 10.1. The van der Waals surface area contributed by atoms with Gasteiger partial charge in [0.2, 0.25) is 5.76 Å². The van der Waals surface area contributed by atoms with Crippen molar-refractivity contribution >= 4 is 17.4 Å².